The van der Waals surface area contributed by atoms with Crippen molar-refractivity contribution in [1.29, 1.82) is 5.26 Å². The number of nitriles is 1. The highest BCUT2D eigenvalue weighted by Crippen LogP contribution is 2.33. The van der Waals surface area contributed by atoms with E-state index in [1.807, 2.05) is 12.1 Å². The minimum absolute atomic E-state index is 0.107. The molecule has 0 radical (unpaired) electrons. The number of carbonyl (C=O) groups is 1. The number of H-pyrrole nitrogens is 1. The molecule has 30 heavy (non-hydrogen) atoms. The molecule has 1 amide bonds. The zero-order valence-electron chi connectivity index (χ0n) is 16.1. The van der Waals surface area contributed by atoms with Crippen LogP contribution in [0.4, 0.5) is 11.6 Å². The molecule has 3 aromatic rings. The highest BCUT2D eigenvalue weighted by molar-refractivity contribution is 7.92. The minimum atomic E-state index is -3.51. The predicted molar refractivity (Wildman–Crippen MR) is 113 cm³/mol. The molecule has 10 heteroatoms. The van der Waals surface area contributed by atoms with Gasteiger partial charge >= 0.3 is 0 Å². The van der Waals surface area contributed by atoms with Gasteiger partial charge in [0.15, 0.2) is 0 Å². The van der Waals surface area contributed by atoms with Crippen molar-refractivity contribution < 1.29 is 13.2 Å². The zero-order valence-corrected chi connectivity index (χ0v) is 16.9. The number of aromatic nitrogens is 3. The number of carbonyl (C=O) groups excluding carboxylic acids is 1. The molecule has 1 fully saturated rings. The normalized spacial score (nSPS) is 13.7. The lowest BCUT2D eigenvalue weighted by atomic mass is 10.1. The number of hydrogen-bond donors (Lipinski definition) is 2. The summed E-state index contributed by atoms with van der Waals surface area (Å²) in [4.78, 5) is 25.2. The Hall–Kier alpha value is -3.45. The standard InChI is InChI=1S/C20H20N6O3S/c21-10-1-2-12-30(28,29)25-15-5-3-14(4-6-15)18-17-9-11-22-19(17)24-20(23-18)26(13-27)16-7-8-16/h3-6,9,11,13,16,25H,1-2,7-8,12H2,(H,22,23,24). The van der Waals surface area contributed by atoms with Crippen LogP contribution in [-0.4, -0.2) is 41.6 Å². The van der Waals surface area contributed by atoms with Gasteiger partial charge in [-0.1, -0.05) is 12.1 Å². The van der Waals surface area contributed by atoms with Crippen molar-refractivity contribution >= 4 is 39.1 Å². The van der Waals surface area contributed by atoms with E-state index in [-0.39, 0.29) is 24.6 Å². The first-order chi connectivity index (χ1) is 14.5. The number of hydrogen-bond acceptors (Lipinski definition) is 6. The topological polar surface area (TPSA) is 132 Å². The molecule has 1 aliphatic rings. The van der Waals surface area contributed by atoms with Crippen LogP contribution in [0.5, 0.6) is 0 Å². The number of sulfonamides is 1. The molecule has 1 aromatic carbocycles. The molecule has 0 atom stereocenters. The molecule has 4 rings (SSSR count). The number of fused-ring (bicyclic) bond motifs is 1. The molecule has 0 aliphatic heterocycles. The third kappa shape index (κ3) is 4.26. The van der Waals surface area contributed by atoms with Gasteiger partial charge in [0.25, 0.3) is 0 Å². The molecule has 9 nitrogen and oxygen atoms in total. The zero-order chi connectivity index (χ0) is 21.1. The van der Waals surface area contributed by atoms with Gasteiger partial charge in [0.2, 0.25) is 22.4 Å². The molecule has 154 valence electrons. The van der Waals surface area contributed by atoms with Crippen molar-refractivity contribution in [3.63, 3.8) is 0 Å². The summed E-state index contributed by atoms with van der Waals surface area (Å²) < 4.78 is 26.7. The lowest BCUT2D eigenvalue weighted by Gasteiger charge is -2.16. The van der Waals surface area contributed by atoms with Crippen molar-refractivity contribution in [1.82, 2.24) is 15.0 Å². The Labute approximate surface area is 173 Å². The summed E-state index contributed by atoms with van der Waals surface area (Å²) in [6.07, 6.45) is 4.87. The number of amides is 1. The molecule has 2 heterocycles. The Kier molecular flexibility index (Phi) is 5.37. The van der Waals surface area contributed by atoms with E-state index >= 15 is 0 Å². The molecule has 0 bridgehead atoms. The van der Waals surface area contributed by atoms with Crippen molar-refractivity contribution in [2.45, 2.75) is 31.7 Å². The van der Waals surface area contributed by atoms with Gasteiger partial charge in [-0.05, 0) is 37.5 Å². The van der Waals surface area contributed by atoms with Crippen LogP contribution in [-0.2, 0) is 14.8 Å². The number of nitrogens with zero attached hydrogens (tertiary/aromatic N) is 4. The molecular formula is C20H20N6O3S. The molecular weight excluding hydrogens is 404 g/mol. The average molecular weight is 424 g/mol. The van der Waals surface area contributed by atoms with Gasteiger partial charge in [0.1, 0.15) is 5.65 Å². The molecule has 2 N–H and O–H groups in total. The van der Waals surface area contributed by atoms with E-state index in [0.717, 1.165) is 30.2 Å². The Morgan fingerprint density at radius 3 is 2.67 bits per heavy atom. The van der Waals surface area contributed by atoms with Gasteiger partial charge in [0.05, 0.1) is 17.5 Å². The predicted octanol–water partition coefficient (Wildman–Crippen LogP) is 2.80. The second kappa shape index (κ2) is 8.12. The van der Waals surface area contributed by atoms with Crippen LogP contribution in [0.2, 0.25) is 0 Å². The van der Waals surface area contributed by atoms with Gasteiger partial charge in [-0.3, -0.25) is 14.4 Å². The second-order valence-corrected chi connectivity index (χ2v) is 8.96. The summed E-state index contributed by atoms with van der Waals surface area (Å²) in [5, 5.41) is 9.36. The van der Waals surface area contributed by atoms with Crippen LogP contribution in [0.1, 0.15) is 25.7 Å². The van der Waals surface area contributed by atoms with Crippen LogP contribution < -0.4 is 9.62 Å². The summed E-state index contributed by atoms with van der Waals surface area (Å²) >= 11 is 0. The SMILES string of the molecule is N#CCCCS(=O)(=O)Nc1ccc(-c2nc(N(C=O)C3CC3)nc3[nH]ccc23)cc1. The number of benzene rings is 1. The van der Waals surface area contributed by atoms with Gasteiger partial charge in [-0.2, -0.15) is 10.2 Å². The summed E-state index contributed by atoms with van der Waals surface area (Å²) in [6.45, 7) is 0. The van der Waals surface area contributed by atoms with E-state index in [1.54, 1.807) is 35.4 Å². The highest BCUT2D eigenvalue weighted by Gasteiger charge is 2.31. The number of aromatic amines is 1. The highest BCUT2D eigenvalue weighted by atomic mass is 32.2. The van der Waals surface area contributed by atoms with E-state index in [4.69, 9.17) is 5.26 Å². The molecule has 1 saturated carbocycles. The summed E-state index contributed by atoms with van der Waals surface area (Å²) in [5.74, 6) is 0.240. The summed E-state index contributed by atoms with van der Waals surface area (Å²) in [7, 11) is -3.51. The molecule has 2 aromatic heterocycles. The number of unbranched alkanes of at least 4 members (excludes halogenated alkanes) is 1. The van der Waals surface area contributed by atoms with Crippen molar-refractivity contribution in [2.75, 3.05) is 15.4 Å². The van der Waals surface area contributed by atoms with Gasteiger partial charge in [-0.25, -0.2) is 13.4 Å². The third-order valence-corrected chi connectivity index (χ3v) is 6.19. The maximum Gasteiger partial charge on any atom is 0.234 e. The maximum atomic E-state index is 12.1. The maximum absolute atomic E-state index is 12.1. The van der Waals surface area contributed by atoms with Gasteiger partial charge < -0.3 is 4.98 Å². The Balaban J connectivity index is 1.62. The Bertz CT molecular complexity index is 1210. The molecule has 1 aliphatic carbocycles. The van der Waals surface area contributed by atoms with Crippen LogP contribution in [0, 0.1) is 11.3 Å². The Morgan fingerprint density at radius 2 is 2.00 bits per heavy atom. The Morgan fingerprint density at radius 1 is 1.23 bits per heavy atom. The first-order valence-corrected chi connectivity index (χ1v) is 11.2. The van der Waals surface area contributed by atoms with E-state index in [9.17, 15) is 13.2 Å². The monoisotopic (exact) mass is 424 g/mol. The van der Waals surface area contributed by atoms with Gasteiger partial charge in [0, 0.05) is 35.3 Å². The fourth-order valence-electron chi connectivity index (χ4n) is 3.18. The first-order valence-electron chi connectivity index (χ1n) is 9.57. The van der Waals surface area contributed by atoms with Crippen molar-refractivity contribution in [2.24, 2.45) is 0 Å². The minimum Gasteiger partial charge on any atom is -0.346 e. The van der Waals surface area contributed by atoms with Crippen LogP contribution in [0.25, 0.3) is 22.3 Å². The lowest BCUT2D eigenvalue weighted by molar-refractivity contribution is -0.107. The average Bonchev–Trinajstić information content (AvgIpc) is 3.44. The van der Waals surface area contributed by atoms with Crippen LogP contribution in [0.3, 0.4) is 0 Å². The number of anilines is 2. The summed E-state index contributed by atoms with van der Waals surface area (Å²) in [5.41, 5.74) is 2.50. The number of rotatable bonds is 9. The van der Waals surface area contributed by atoms with Crippen molar-refractivity contribution in [3.05, 3.63) is 36.5 Å². The van der Waals surface area contributed by atoms with E-state index in [1.165, 1.54) is 0 Å². The van der Waals surface area contributed by atoms with Crippen molar-refractivity contribution in [3.8, 4) is 17.3 Å². The summed E-state index contributed by atoms with van der Waals surface area (Å²) in [6, 6.07) is 10.8. The van der Waals surface area contributed by atoms with Crippen LogP contribution in [0.15, 0.2) is 36.5 Å². The molecule has 0 spiro atoms. The largest absolute Gasteiger partial charge is 0.346 e. The number of nitrogens with one attached hydrogen (secondary N) is 2. The smallest absolute Gasteiger partial charge is 0.234 e. The van der Waals surface area contributed by atoms with Gasteiger partial charge in [-0.15, -0.1) is 0 Å². The van der Waals surface area contributed by atoms with E-state index < -0.39 is 10.0 Å². The van der Waals surface area contributed by atoms with E-state index in [0.29, 0.717) is 23.0 Å². The molecule has 0 unspecified atom stereocenters. The quantitative estimate of drug-likeness (QED) is 0.401. The van der Waals surface area contributed by atoms with E-state index in [2.05, 4.69) is 19.7 Å². The fraction of sp³-hybridized carbons (Fsp3) is 0.300. The molecule has 0 saturated heterocycles. The second-order valence-electron chi connectivity index (χ2n) is 7.12. The van der Waals surface area contributed by atoms with Crippen LogP contribution >= 0.6 is 0 Å². The fourth-order valence-corrected chi connectivity index (χ4v) is 4.30. The third-order valence-electron chi connectivity index (χ3n) is 4.82. The first kappa shape index (κ1) is 19.8. The lowest BCUT2D eigenvalue weighted by Crippen LogP contribution is -2.25.